The maximum Gasteiger partial charge on any atom is 0.225 e. The molecule has 1 amide bonds. The summed E-state index contributed by atoms with van der Waals surface area (Å²) in [6.45, 7) is 1.74. The Kier molecular flexibility index (Phi) is 4.78. The highest BCUT2D eigenvalue weighted by atomic mass is 35.5. The van der Waals surface area contributed by atoms with Gasteiger partial charge in [-0.15, -0.1) is 0 Å². The van der Waals surface area contributed by atoms with Gasteiger partial charge >= 0.3 is 0 Å². The first-order valence-electron chi connectivity index (χ1n) is 7.49. The summed E-state index contributed by atoms with van der Waals surface area (Å²) < 4.78 is 29.9. The average Bonchev–Trinajstić information content (AvgIpc) is 2.93. The van der Waals surface area contributed by atoms with Crippen LogP contribution in [0, 0.1) is 6.92 Å². The third kappa shape index (κ3) is 4.18. The number of sulfone groups is 1. The number of hydrogen-bond donors (Lipinski definition) is 1. The van der Waals surface area contributed by atoms with Crippen molar-refractivity contribution in [3.63, 3.8) is 0 Å². The smallest absolute Gasteiger partial charge is 0.225 e. The number of nitrogens with one attached hydrogen (secondary N) is 1. The Morgan fingerprint density at radius 1 is 1.20 bits per heavy atom. The highest BCUT2D eigenvalue weighted by Crippen LogP contribution is 2.20. The van der Waals surface area contributed by atoms with Crippen LogP contribution in [0.2, 0.25) is 5.02 Å². The van der Waals surface area contributed by atoms with Crippen LogP contribution >= 0.6 is 11.6 Å². The van der Waals surface area contributed by atoms with E-state index >= 15 is 0 Å². The van der Waals surface area contributed by atoms with Gasteiger partial charge in [0.15, 0.2) is 21.3 Å². The zero-order chi connectivity index (χ0) is 18.0. The van der Waals surface area contributed by atoms with E-state index in [4.69, 9.17) is 16.0 Å². The van der Waals surface area contributed by atoms with Crippen LogP contribution < -0.4 is 5.32 Å². The Balaban J connectivity index is 1.64. The summed E-state index contributed by atoms with van der Waals surface area (Å²) in [6, 6.07) is 10.9. The van der Waals surface area contributed by atoms with Gasteiger partial charge in [0, 0.05) is 30.1 Å². The van der Waals surface area contributed by atoms with Crippen LogP contribution in [0.15, 0.2) is 51.8 Å². The molecule has 130 valence electrons. The van der Waals surface area contributed by atoms with E-state index in [9.17, 15) is 13.2 Å². The van der Waals surface area contributed by atoms with Crippen LogP contribution in [0.25, 0.3) is 11.1 Å². The summed E-state index contributed by atoms with van der Waals surface area (Å²) in [4.78, 5) is 16.4. The van der Waals surface area contributed by atoms with Gasteiger partial charge in [0.2, 0.25) is 5.91 Å². The molecular weight excluding hydrogens is 364 g/mol. The highest BCUT2D eigenvalue weighted by molar-refractivity contribution is 7.91. The summed E-state index contributed by atoms with van der Waals surface area (Å²) in [6.07, 6.45) is -0.154. The molecule has 0 saturated heterocycles. The van der Waals surface area contributed by atoms with Crippen molar-refractivity contribution in [1.82, 2.24) is 4.98 Å². The number of carbonyl (C=O) groups is 1. The summed E-state index contributed by atoms with van der Waals surface area (Å²) >= 11 is 5.75. The van der Waals surface area contributed by atoms with Gasteiger partial charge < -0.3 is 9.73 Å². The van der Waals surface area contributed by atoms with Crippen LogP contribution in [0.3, 0.4) is 0 Å². The molecule has 0 radical (unpaired) electrons. The van der Waals surface area contributed by atoms with E-state index in [1.165, 1.54) is 24.3 Å². The fourth-order valence-electron chi connectivity index (χ4n) is 2.33. The minimum Gasteiger partial charge on any atom is -0.441 e. The topological polar surface area (TPSA) is 89.3 Å². The van der Waals surface area contributed by atoms with E-state index in [0.717, 1.165) is 0 Å². The van der Waals surface area contributed by atoms with E-state index in [2.05, 4.69) is 10.3 Å². The molecule has 0 aliphatic heterocycles. The Morgan fingerprint density at radius 2 is 1.92 bits per heavy atom. The maximum absolute atomic E-state index is 12.2. The van der Waals surface area contributed by atoms with Crippen molar-refractivity contribution in [2.45, 2.75) is 18.2 Å². The number of oxazole rings is 1. The normalized spacial score (nSPS) is 11.6. The number of hydrogen-bond acceptors (Lipinski definition) is 5. The van der Waals surface area contributed by atoms with E-state index in [0.29, 0.717) is 27.7 Å². The van der Waals surface area contributed by atoms with Gasteiger partial charge in [-0.25, -0.2) is 13.4 Å². The molecule has 1 heterocycles. The molecule has 0 saturated carbocycles. The van der Waals surface area contributed by atoms with Gasteiger partial charge in [-0.3, -0.25) is 4.79 Å². The van der Waals surface area contributed by atoms with Crippen molar-refractivity contribution in [2.75, 3.05) is 11.1 Å². The lowest BCUT2D eigenvalue weighted by Crippen LogP contribution is -2.17. The number of aromatic nitrogens is 1. The zero-order valence-corrected chi connectivity index (χ0v) is 14.9. The minimum atomic E-state index is -3.54. The molecule has 0 fully saturated rings. The van der Waals surface area contributed by atoms with Crippen molar-refractivity contribution < 1.29 is 17.6 Å². The molecule has 3 aromatic rings. The van der Waals surface area contributed by atoms with E-state index in [1.54, 1.807) is 25.1 Å². The minimum absolute atomic E-state index is 0.142. The maximum atomic E-state index is 12.2. The lowest BCUT2D eigenvalue weighted by Gasteiger charge is -2.06. The Hall–Kier alpha value is -2.38. The molecular formula is C17H15ClN2O4S. The predicted molar refractivity (Wildman–Crippen MR) is 95.5 cm³/mol. The first-order chi connectivity index (χ1) is 11.8. The number of rotatable bonds is 5. The number of aryl methyl sites for hydroxylation is 1. The fraction of sp³-hybridized carbons (Fsp3) is 0.176. The number of anilines is 1. The molecule has 6 nitrogen and oxygen atoms in total. The second-order valence-corrected chi connectivity index (χ2v) is 8.03. The number of carbonyl (C=O) groups excluding carboxylic acids is 1. The Labute approximate surface area is 149 Å². The SMILES string of the molecule is Cc1nc2ccc(NC(=O)CCS(=O)(=O)c3ccc(Cl)cc3)cc2o1. The van der Waals surface area contributed by atoms with Gasteiger partial charge in [-0.05, 0) is 36.4 Å². The Bertz CT molecular complexity index is 1030. The molecule has 1 N–H and O–H groups in total. The average molecular weight is 379 g/mol. The fourth-order valence-corrected chi connectivity index (χ4v) is 3.69. The molecule has 0 unspecified atom stereocenters. The molecule has 0 aliphatic rings. The zero-order valence-electron chi connectivity index (χ0n) is 13.3. The number of fused-ring (bicyclic) bond motifs is 1. The molecule has 2 aromatic carbocycles. The van der Waals surface area contributed by atoms with Crippen LogP contribution in [0.5, 0.6) is 0 Å². The molecule has 0 aliphatic carbocycles. The van der Waals surface area contributed by atoms with Crippen LogP contribution in [0.4, 0.5) is 5.69 Å². The first-order valence-corrected chi connectivity index (χ1v) is 9.52. The number of nitrogens with zero attached hydrogens (tertiary/aromatic N) is 1. The van der Waals surface area contributed by atoms with Gasteiger partial charge in [-0.2, -0.15) is 0 Å². The quantitative estimate of drug-likeness (QED) is 0.732. The monoisotopic (exact) mass is 378 g/mol. The summed E-state index contributed by atoms with van der Waals surface area (Å²) in [5, 5.41) is 3.12. The van der Waals surface area contributed by atoms with Crippen molar-refractivity contribution >= 4 is 44.1 Å². The van der Waals surface area contributed by atoms with Crippen molar-refractivity contribution in [3.8, 4) is 0 Å². The van der Waals surface area contributed by atoms with Crippen molar-refractivity contribution in [2.24, 2.45) is 0 Å². The number of halogens is 1. The number of amides is 1. The van der Waals surface area contributed by atoms with Gasteiger partial charge in [0.25, 0.3) is 0 Å². The van der Waals surface area contributed by atoms with E-state index < -0.39 is 15.7 Å². The predicted octanol–water partition coefficient (Wildman–Crippen LogP) is 3.59. The molecule has 0 spiro atoms. The second-order valence-electron chi connectivity index (χ2n) is 5.49. The largest absolute Gasteiger partial charge is 0.441 e. The molecule has 3 rings (SSSR count). The first kappa shape index (κ1) is 17.4. The second kappa shape index (κ2) is 6.85. The van der Waals surface area contributed by atoms with E-state index in [-0.39, 0.29) is 17.1 Å². The van der Waals surface area contributed by atoms with Crippen LogP contribution in [-0.4, -0.2) is 25.1 Å². The Morgan fingerprint density at radius 3 is 2.64 bits per heavy atom. The van der Waals surface area contributed by atoms with Gasteiger partial charge in [-0.1, -0.05) is 11.6 Å². The van der Waals surface area contributed by atoms with Crippen LogP contribution in [0.1, 0.15) is 12.3 Å². The molecule has 25 heavy (non-hydrogen) atoms. The molecule has 0 atom stereocenters. The highest BCUT2D eigenvalue weighted by Gasteiger charge is 2.16. The third-order valence-electron chi connectivity index (χ3n) is 3.55. The van der Waals surface area contributed by atoms with Crippen molar-refractivity contribution in [3.05, 3.63) is 53.4 Å². The van der Waals surface area contributed by atoms with Gasteiger partial charge in [0.05, 0.1) is 10.6 Å². The lowest BCUT2D eigenvalue weighted by atomic mass is 10.3. The lowest BCUT2D eigenvalue weighted by molar-refractivity contribution is -0.115. The molecule has 1 aromatic heterocycles. The van der Waals surface area contributed by atoms with Crippen LogP contribution in [-0.2, 0) is 14.6 Å². The van der Waals surface area contributed by atoms with Gasteiger partial charge in [0.1, 0.15) is 5.52 Å². The summed E-state index contributed by atoms with van der Waals surface area (Å²) in [7, 11) is -3.54. The molecule has 0 bridgehead atoms. The van der Waals surface area contributed by atoms with Crippen molar-refractivity contribution in [1.29, 1.82) is 0 Å². The van der Waals surface area contributed by atoms with E-state index in [1.807, 2.05) is 0 Å². The number of benzene rings is 2. The third-order valence-corrected chi connectivity index (χ3v) is 5.53. The standard InChI is InChI=1S/C17H15ClN2O4S/c1-11-19-15-7-4-13(10-16(15)24-11)20-17(21)8-9-25(22,23)14-5-2-12(18)3-6-14/h2-7,10H,8-9H2,1H3,(H,20,21). The summed E-state index contributed by atoms with van der Waals surface area (Å²) in [5.74, 6) is -0.148. The molecule has 8 heteroatoms. The summed E-state index contributed by atoms with van der Waals surface area (Å²) in [5.41, 5.74) is 1.78.